The lowest BCUT2D eigenvalue weighted by atomic mass is 10.1. The molecule has 28 heavy (non-hydrogen) atoms. The molecule has 0 unspecified atom stereocenters. The first kappa shape index (κ1) is 22.0. The Hall–Kier alpha value is -2.29. The Labute approximate surface area is 170 Å². The fraction of sp³-hybridized carbons (Fsp3) is 0.316. The van der Waals surface area contributed by atoms with Crippen molar-refractivity contribution in [3.63, 3.8) is 0 Å². The van der Waals surface area contributed by atoms with E-state index in [1.54, 1.807) is 18.2 Å². The number of hydrogen-bond donors (Lipinski definition) is 2. The van der Waals surface area contributed by atoms with Gasteiger partial charge >= 0.3 is 5.97 Å². The second-order valence-corrected chi connectivity index (χ2v) is 8.51. The number of nitrogens with one attached hydrogen (secondary N) is 1. The molecule has 9 heteroatoms. The average Bonchev–Trinajstić information content (AvgIpc) is 2.62. The van der Waals surface area contributed by atoms with Gasteiger partial charge in [0.25, 0.3) is 10.0 Å². The highest BCUT2D eigenvalue weighted by Crippen LogP contribution is 2.31. The summed E-state index contributed by atoms with van der Waals surface area (Å²) in [5, 5.41) is 9.40. The minimum atomic E-state index is -3.99. The van der Waals surface area contributed by atoms with Crippen LogP contribution < -0.4 is 9.62 Å². The first-order valence-corrected chi connectivity index (χ1v) is 10.6. The molecule has 0 heterocycles. The minimum absolute atomic E-state index is 0.00993. The molecule has 2 N–H and O–H groups in total. The summed E-state index contributed by atoms with van der Waals surface area (Å²) in [4.78, 5) is 15.3. The first-order chi connectivity index (χ1) is 13.2. The van der Waals surface area contributed by atoms with E-state index in [4.69, 9.17) is 11.6 Å². The van der Waals surface area contributed by atoms with E-state index in [1.165, 1.54) is 24.3 Å². The van der Waals surface area contributed by atoms with Gasteiger partial charge in [-0.05, 0) is 51.4 Å². The molecule has 0 spiro atoms. The van der Waals surface area contributed by atoms with Crippen LogP contribution in [-0.2, 0) is 10.0 Å². The maximum atomic E-state index is 12.9. The Bertz CT molecular complexity index is 948. The molecular weight excluding hydrogens is 402 g/mol. The van der Waals surface area contributed by atoms with Crippen molar-refractivity contribution in [1.29, 1.82) is 0 Å². The second-order valence-electron chi connectivity index (χ2n) is 6.46. The van der Waals surface area contributed by atoms with Crippen molar-refractivity contribution in [2.24, 2.45) is 0 Å². The van der Waals surface area contributed by atoms with Crippen molar-refractivity contribution in [3.05, 3.63) is 53.1 Å². The van der Waals surface area contributed by atoms with Crippen LogP contribution in [-0.4, -0.2) is 58.1 Å². The zero-order valence-corrected chi connectivity index (χ0v) is 17.6. The van der Waals surface area contributed by atoms with Crippen molar-refractivity contribution >= 4 is 39.0 Å². The van der Waals surface area contributed by atoms with Crippen LogP contribution in [0.15, 0.2) is 47.4 Å². The highest BCUT2D eigenvalue weighted by molar-refractivity contribution is 7.92. The standard InChI is InChI=1S/C19H24ClN3O4S/c1-4-23(12-11-22(2)3)17-10-9-14(19(24)25)13-16(17)21-28(26,27)18-8-6-5-7-15(18)20/h5-10,13,21H,4,11-12H2,1-3H3,(H,24,25). The van der Waals surface area contributed by atoms with Gasteiger partial charge in [-0.1, -0.05) is 23.7 Å². The van der Waals surface area contributed by atoms with Crippen molar-refractivity contribution in [2.45, 2.75) is 11.8 Å². The molecule has 2 aromatic rings. The van der Waals surface area contributed by atoms with Gasteiger partial charge in [0.1, 0.15) is 4.90 Å². The zero-order chi connectivity index (χ0) is 20.9. The van der Waals surface area contributed by atoms with E-state index in [0.717, 1.165) is 6.54 Å². The predicted octanol–water partition coefficient (Wildman–Crippen LogP) is 3.23. The van der Waals surface area contributed by atoms with Crippen molar-refractivity contribution in [2.75, 3.05) is 43.4 Å². The number of aromatic carboxylic acids is 1. The lowest BCUT2D eigenvalue weighted by molar-refractivity contribution is 0.0697. The molecule has 152 valence electrons. The van der Waals surface area contributed by atoms with Gasteiger partial charge in [0, 0.05) is 19.6 Å². The summed E-state index contributed by atoms with van der Waals surface area (Å²) < 4.78 is 28.2. The highest BCUT2D eigenvalue weighted by atomic mass is 35.5. The van der Waals surface area contributed by atoms with E-state index in [2.05, 4.69) is 4.72 Å². The largest absolute Gasteiger partial charge is 0.478 e. The Morgan fingerprint density at radius 3 is 2.39 bits per heavy atom. The minimum Gasteiger partial charge on any atom is -0.478 e. The fourth-order valence-corrected chi connectivity index (χ4v) is 4.24. The smallest absolute Gasteiger partial charge is 0.335 e. The monoisotopic (exact) mass is 425 g/mol. The van der Waals surface area contributed by atoms with Gasteiger partial charge in [0.15, 0.2) is 0 Å². The lowest BCUT2D eigenvalue weighted by Gasteiger charge is -2.27. The van der Waals surface area contributed by atoms with Crippen molar-refractivity contribution < 1.29 is 18.3 Å². The number of carbonyl (C=O) groups is 1. The predicted molar refractivity (Wildman–Crippen MR) is 112 cm³/mol. The van der Waals surface area contributed by atoms with E-state index in [1.807, 2.05) is 30.8 Å². The quantitative estimate of drug-likeness (QED) is 0.641. The fourth-order valence-electron chi connectivity index (χ4n) is 2.66. The molecule has 2 aromatic carbocycles. The summed E-state index contributed by atoms with van der Waals surface area (Å²) in [7, 11) is -0.100. The number of sulfonamides is 1. The Morgan fingerprint density at radius 2 is 1.82 bits per heavy atom. The molecule has 0 aliphatic heterocycles. The van der Waals surface area contributed by atoms with Crippen molar-refractivity contribution in [1.82, 2.24) is 4.90 Å². The van der Waals surface area contributed by atoms with Gasteiger partial charge in [-0.25, -0.2) is 13.2 Å². The number of carboxylic acid groups (broad SMARTS) is 1. The van der Waals surface area contributed by atoms with Crippen LogP contribution in [0.3, 0.4) is 0 Å². The Balaban J connectivity index is 2.49. The normalized spacial score (nSPS) is 11.5. The third-order valence-corrected chi connectivity index (χ3v) is 6.02. The molecule has 0 amide bonds. The molecule has 0 saturated carbocycles. The summed E-state index contributed by atoms with van der Waals surface area (Å²) in [5.41, 5.74) is 0.787. The second kappa shape index (κ2) is 9.27. The number of likely N-dealkylation sites (N-methyl/N-ethyl adjacent to an activating group) is 2. The molecule has 2 rings (SSSR count). The van der Waals surface area contributed by atoms with Crippen LogP contribution >= 0.6 is 11.6 Å². The van der Waals surface area contributed by atoms with Crippen LogP contribution in [0, 0.1) is 0 Å². The van der Waals surface area contributed by atoms with Gasteiger partial charge in [-0.2, -0.15) is 0 Å². The van der Waals surface area contributed by atoms with Crippen LogP contribution in [0.2, 0.25) is 5.02 Å². The van der Waals surface area contributed by atoms with Gasteiger partial charge in [-0.15, -0.1) is 0 Å². The number of hydrogen-bond acceptors (Lipinski definition) is 5. The lowest BCUT2D eigenvalue weighted by Crippen LogP contribution is -2.32. The van der Waals surface area contributed by atoms with E-state index in [-0.39, 0.29) is 21.2 Å². The molecule has 0 bridgehead atoms. The topological polar surface area (TPSA) is 89.9 Å². The van der Waals surface area contributed by atoms with E-state index in [9.17, 15) is 18.3 Å². The van der Waals surface area contributed by atoms with Crippen LogP contribution in [0.25, 0.3) is 0 Å². The van der Waals surface area contributed by atoms with Gasteiger partial charge in [0.05, 0.1) is 22.0 Å². The summed E-state index contributed by atoms with van der Waals surface area (Å²) in [5.74, 6) is -1.14. The maximum absolute atomic E-state index is 12.9. The molecular formula is C19H24ClN3O4S. The molecule has 7 nitrogen and oxygen atoms in total. The summed E-state index contributed by atoms with van der Waals surface area (Å²) in [6.45, 7) is 3.98. The molecule has 0 atom stereocenters. The van der Waals surface area contributed by atoms with Gasteiger partial charge < -0.3 is 14.9 Å². The molecule has 0 radical (unpaired) electrons. The van der Waals surface area contributed by atoms with E-state index < -0.39 is 16.0 Å². The summed E-state index contributed by atoms with van der Waals surface area (Å²) in [6, 6.07) is 10.5. The van der Waals surface area contributed by atoms with Gasteiger partial charge in [-0.3, -0.25) is 4.72 Å². The number of anilines is 2. The van der Waals surface area contributed by atoms with Crippen LogP contribution in [0.4, 0.5) is 11.4 Å². The summed E-state index contributed by atoms with van der Waals surface area (Å²) >= 11 is 6.04. The number of carboxylic acids is 1. The zero-order valence-electron chi connectivity index (χ0n) is 16.0. The number of halogens is 1. The highest BCUT2D eigenvalue weighted by Gasteiger charge is 2.21. The molecule has 0 fully saturated rings. The number of rotatable bonds is 9. The first-order valence-electron chi connectivity index (χ1n) is 8.70. The van der Waals surface area contributed by atoms with Crippen LogP contribution in [0.1, 0.15) is 17.3 Å². The molecule has 0 aromatic heterocycles. The third kappa shape index (κ3) is 5.37. The third-order valence-electron chi connectivity index (χ3n) is 4.15. The maximum Gasteiger partial charge on any atom is 0.335 e. The van der Waals surface area contributed by atoms with Gasteiger partial charge in [0.2, 0.25) is 0 Å². The van der Waals surface area contributed by atoms with Crippen LogP contribution in [0.5, 0.6) is 0 Å². The molecule has 0 saturated heterocycles. The molecule has 0 aliphatic rings. The van der Waals surface area contributed by atoms with E-state index in [0.29, 0.717) is 18.8 Å². The Morgan fingerprint density at radius 1 is 1.14 bits per heavy atom. The summed E-state index contributed by atoms with van der Waals surface area (Å²) in [6.07, 6.45) is 0. The number of nitrogens with zero attached hydrogens (tertiary/aromatic N) is 2. The van der Waals surface area contributed by atoms with E-state index >= 15 is 0 Å². The van der Waals surface area contributed by atoms with Crippen molar-refractivity contribution in [3.8, 4) is 0 Å². The molecule has 0 aliphatic carbocycles. The SMILES string of the molecule is CCN(CCN(C)C)c1ccc(C(=O)O)cc1NS(=O)(=O)c1ccccc1Cl. The average molecular weight is 426 g/mol. The Kier molecular flexibility index (Phi) is 7.29. The number of benzene rings is 2.